The van der Waals surface area contributed by atoms with Crippen molar-refractivity contribution in [3.63, 3.8) is 0 Å². The number of hydrogen-bond donors (Lipinski definition) is 3. The van der Waals surface area contributed by atoms with Gasteiger partial charge in [0.25, 0.3) is 5.91 Å². The lowest BCUT2D eigenvalue weighted by atomic mass is 10.1. The topological polar surface area (TPSA) is 85.2 Å². The molecule has 5 nitrogen and oxygen atoms in total. The molecular weight excluding hydrogens is 278 g/mol. The zero-order valence-corrected chi connectivity index (χ0v) is 13.5. The minimum absolute atomic E-state index is 0.0353. The summed E-state index contributed by atoms with van der Waals surface area (Å²) in [5, 5.41) is 24.0. The maximum absolute atomic E-state index is 12.3. The first-order valence-corrected chi connectivity index (χ1v) is 7.23. The second-order valence-corrected chi connectivity index (χ2v) is 5.77. The smallest absolute Gasteiger partial charge is 0.267 e. The highest BCUT2D eigenvalue weighted by Gasteiger charge is 2.17. The Morgan fingerprint density at radius 3 is 2.68 bits per heavy atom. The number of amides is 1. The van der Waals surface area contributed by atoms with Gasteiger partial charge < -0.3 is 15.7 Å². The van der Waals surface area contributed by atoms with Gasteiger partial charge >= 0.3 is 0 Å². The van der Waals surface area contributed by atoms with E-state index in [9.17, 15) is 9.90 Å². The van der Waals surface area contributed by atoms with Crippen molar-refractivity contribution in [3.8, 4) is 6.07 Å². The molecule has 0 unspecified atom stereocenters. The Kier molecular flexibility index (Phi) is 6.14. The lowest BCUT2D eigenvalue weighted by Gasteiger charge is -2.22. The number of anilines is 1. The Labute approximate surface area is 131 Å². The van der Waals surface area contributed by atoms with E-state index in [-0.39, 0.29) is 12.2 Å². The zero-order chi connectivity index (χ0) is 16.8. The van der Waals surface area contributed by atoms with Gasteiger partial charge in [-0.05, 0) is 38.3 Å². The maximum atomic E-state index is 12.3. The van der Waals surface area contributed by atoms with Crippen LogP contribution in [0, 0.1) is 18.3 Å². The summed E-state index contributed by atoms with van der Waals surface area (Å²) in [6.45, 7) is 7.36. The molecule has 0 aromatic heterocycles. The first kappa shape index (κ1) is 17.7. The summed E-state index contributed by atoms with van der Waals surface area (Å²) in [5.74, 6) is -0.465. The zero-order valence-electron chi connectivity index (χ0n) is 13.5. The van der Waals surface area contributed by atoms with Gasteiger partial charge in [0.2, 0.25) is 0 Å². The van der Waals surface area contributed by atoms with Gasteiger partial charge in [-0.1, -0.05) is 25.1 Å². The predicted molar refractivity (Wildman–Crippen MR) is 87.2 cm³/mol. The fraction of sp³-hybridized carbons (Fsp3) is 0.412. The fourth-order valence-corrected chi connectivity index (χ4v) is 1.84. The van der Waals surface area contributed by atoms with E-state index in [0.29, 0.717) is 0 Å². The largest absolute Gasteiger partial charge is 0.394 e. The van der Waals surface area contributed by atoms with E-state index in [1.165, 1.54) is 6.20 Å². The minimum Gasteiger partial charge on any atom is -0.394 e. The summed E-state index contributed by atoms with van der Waals surface area (Å²) in [4.78, 5) is 12.3. The van der Waals surface area contributed by atoms with Crippen LogP contribution in [-0.4, -0.2) is 23.2 Å². The van der Waals surface area contributed by atoms with Crippen molar-refractivity contribution in [2.24, 2.45) is 0 Å². The standard InChI is InChI=1S/C17H23N3O2/c1-5-13-8-6-7-12(2)15(13)20-16(22)14(9-18)10-19-17(3,4)11-21/h6-8,10,19,21H,5,11H2,1-4H3,(H,20,22)/b14-10-. The number of rotatable bonds is 6. The molecule has 1 aromatic carbocycles. The number of carbonyl (C=O) groups is 1. The van der Waals surface area contributed by atoms with Gasteiger partial charge in [0.15, 0.2) is 0 Å². The third-order valence-electron chi connectivity index (χ3n) is 3.35. The molecule has 0 bridgehead atoms. The van der Waals surface area contributed by atoms with E-state index in [2.05, 4.69) is 10.6 Å². The third-order valence-corrected chi connectivity index (χ3v) is 3.35. The number of hydrogen-bond acceptors (Lipinski definition) is 4. The van der Waals surface area contributed by atoms with Gasteiger partial charge in [-0.25, -0.2) is 0 Å². The van der Waals surface area contributed by atoms with Crippen LogP contribution in [0.25, 0.3) is 0 Å². The first-order valence-electron chi connectivity index (χ1n) is 7.23. The Morgan fingerprint density at radius 2 is 2.14 bits per heavy atom. The van der Waals surface area contributed by atoms with Gasteiger partial charge in [0.1, 0.15) is 11.6 Å². The highest BCUT2D eigenvalue weighted by Crippen LogP contribution is 2.21. The van der Waals surface area contributed by atoms with E-state index < -0.39 is 11.4 Å². The molecule has 0 spiro atoms. The molecule has 118 valence electrons. The number of para-hydroxylation sites is 1. The van der Waals surface area contributed by atoms with Crippen molar-refractivity contribution in [2.45, 2.75) is 39.7 Å². The molecule has 0 aliphatic rings. The van der Waals surface area contributed by atoms with Crippen molar-refractivity contribution in [3.05, 3.63) is 41.1 Å². The highest BCUT2D eigenvalue weighted by atomic mass is 16.3. The Morgan fingerprint density at radius 1 is 1.45 bits per heavy atom. The molecule has 0 fully saturated rings. The SMILES string of the molecule is CCc1cccc(C)c1NC(=O)/C(C#N)=C\NC(C)(C)CO. The average Bonchev–Trinajstić information content (AvgIpc) is 2.49. The average molecular weight is 301 g/mol. The van der Waals surface area contributed by atoms with Crippen molar-refractivity contribution < 1.29 is 9.90 Å². The quantitative estimate of drug-likeness (QED) is 0.556. The minimum atomic E-state index is -0.598. The summed E-state index contributed by atoms with van der Waals surface area (Å²) < 4.78 is 0. The van der Waals surface area contributed by atoms with Crippen LogP contribution in [-0.2, 0) is 11.2 Å². The molecule has 1 aromatic rings. The van der Waals surface area contributed by atoms with Crippen LogP contribution in [0.4, 0.5) is 5.69 Å². The number of aliphatic hydroxyl groups excluding tert-OH is 1. The van der Waals surface area contributed by atoms with Crippen LogP contribution in [0.3, 0.4) is 0 Å². The van der Waals surface area contributed by atoms with Crippen molar-refractivity contribution in [2.75, 3.05) is 11.9 Å². The van der Waals surface area contributed by atoms with E-state index in [1.807, 2.05) is 38.1 Å². The highest BCUT2D eigenvalue weighted by molar-refractivity contribution is 6.07. The number of aryl methyl sites for hydroxylation is 2. The molecule has 1 rings (SSSR count). The number of benzene rings is 1. The molecule has 0 saturated carbocycles. The summed E-state index contributed by atoms with van der Waals surface area (Å²) in [5.41, 5.74) is 2.09. The Balaban J connectivity index is 2.96. The molecule has 0 aliphatic carbocycles. The molecule has 0 heterocycles. The van der Waals surface area contributed by atoms with Gasteiger partial charge in [-0.2, -0.15) is 5.26 Å². The summed E-state index contributed by atoms with van der Waals surface area (Å²) in [7, 11) is 0. The molecule has 0 aliphatic heterocycles. The van der Waals surface area contributed by atoms with Gasteiger partial charge in [-0.3, -0.25) is 4.79 Å². The second-order valence-electron chi connectivity index (χ2n) is 5.77. The molecule has 1 amide bonds. The molecule has 0 atom stereocenters. The maximum Gasteiger partial charge on any atom is 0.267 e. The van der Waals surface area contributed by atoms with Gasteiger partial charge in [0, 0.05) is 11.9 Å². The Bertz CT molecular complexity index is 613. The van der Waals surface area contributed by atoms with E-state index >= 15 is 0 Å². The summed E-state index contributed by atoms with van der Waals surface area (Å²) >= 11 is 0. The monoisotopic (exact) mass is 301 g/mol. The molecule has 5 heteroatoms. The van der Waals surface area contributed by atoms with Crippen LogP contribution in [0.15, 0.2) is 30.0 Å². The van der Waals surface area contributed by atoms with Crippen LogP contribution in [0.5, 0.6) is 0 Å². The second kappa shape index (κ2) is 7.62. The van der Waals surface area contributed by atoms with Crippen LogP contribution in [0.2, 0.25) is 0 Å². The van der Waals surface area contributed by atoms with E-state index in [4.69, 9.17) is 5.26 Å². The number of carbonyl (C=O) groups excluding carboxylic acids is 1. The van der Waals surface area contributed by atoms with Crippen molar-refractivity contribution in [1.29, 1.82) is 5.26 Å². The lowest BCUT2D eigenvalue weighted by molar-refractivity contribution is -0.112. The van der Waals surface area contributed by atoms with Crippen LogP contribution in [0.1, 0.15) is 31.9 Å². The summed E-state index contributed by atoms with van der Waals surface area (Å²) in [6.07, 6.45) is 2.13. The van der Waals surface area contributed by atoms with Crippen LogP contribution < -0.4 is 10.6 Å². The molecule has 0 saturated heterocycles. The normalized spacial score (nSPS) is 11.7. The van der Waals surface area contributed by atoms with Crippen LogP contribution >= 0.6 is 0 Å². The number of nitriles is 1. The fourth-order valence-electron chi connectivity index (χ4n) is 1.84. The van der Waals surface area contributed by atoms with Gasteiger partial charge in [-0.15, -0.1) is 0 Å². The third kappa shape index (κ3) is 4.61. The summed E-state index contributed by atoms with van der Waals surface area (Å²) in [6, 6.07) is 7.69. The van der Waals surface area contributed by atoms with E-state index in [1.54, 1.807) is 13.8 Å². The molecular formula is C17H23N3O2. The lowest BCUT2D eigenvalue weighted by Crippen LogP contribution is -2.39. The molecule has 22 heavy (non-hydrogen) atoms. The van der Waals surface area contributed by atoms with Crippen molar-refractivity contribution in [1.82, 2.24) is 5.32 Å². The van der Waals surface area contributed by atoms with E-state index in [0.717, 1.165) is 23.2 Å². The van der Waals surface area contributed by atoms with Crippen molar-refractivity contribution >= 4 is 11.6 Å². The molecule has 3 N–H and O–H groups in total. The van der Waals surface area contributed by atoms with Gasteiger partial charge in [0.05, 0.1) is 12.1 Å². The molecule has 0 radical (unpaired) electrons. The first-order chi connectivity index (χ1) is 10.3. The number of aliphatic hydroxyl groups is 1. The number of nitrogens with one attached hydrogen (secondary N) is 2. The predicted octanol–water partition coefficient (Wildman–Crippen LogP) is 2.26. The number of nitrogens with zero attached hydrogens (tertiary/aromatic N) is 1. The Hall–Kier alpha value is -2.32.